The highest BCUT2D eigenvalue weighted by Gasteiger charge is 2.13. The summed E-state index contributed by atoms with van der Waals surface area (Å²) in [6.45, 7) is 3.81. The van der Waals surface area contributed by atoms with E-state index in [2.05, 4.69) is 9.88 Å². The van der Waals surface area contributed by atoms with Gasteiger partial charge < -0.3 is 4.90 Å². The molecule has 1 aromatic carbocycles. The number of pyridine rings is 1. The van der Waals surface area contributed by atoms with Gasteiger partial charge in [-0.05, 0) is 18.7 Å². The van der Waals surface area contributed by atoms with Gasteiger partial charge >= 0.3 is 0 Å². The fourth-order valence-electron chi connectivity index (χ4n) is 2.10. The molecule has 4 nitrogen and oxygen atoms in total. The maximum absolute atomic E-state index is 11.8. The SMILES string of the molecule is CCN(CC(=O)N(C)C)Cc1cc2ccccc2nc1Cl. The number of nitrogens with zero attached hydrogens (tertiary/aromatic N) is 3. The van der Waals surface area contributed by atoms with Crippen molar-refractivity contribution in [1.29, 1.82) is 0 Å². The van der Waals surface area contributed by atoms with E-state index in [1.165, 1.54) is 0 Å². The summed E-state index contributed by atoms with van der Waals surface area (Å²) in [7, 11) is 3.53. The van der Waals surface area contributed by atoms with Crippen molar-refractivity contribution in [3.05, 3.63) is 41.0 Å². The lowest BCUT2D eigenvalue weighted by atomic mass is 10.1. The molecule has 1 heterocycles. The zero-order valence-corrected chi connectivity index (χ0v) is 13.4. The van der Waals surface area contributed by atoms with Crippen LogP contribution in [0.15, 0.2) is 30.3 Å². The summed E-state index contributed by atoms with van der Waals surface area (Å²) in [5.74, 6) is 0.0849. The Morgan fingerprint density at radius 2 is 2.00 bits per heavy atom. The molecule has 5 heteroatoms. The molecule has 0 bridgehead atoms. The van der Waals surface area contributed by atoms with Gasteiger partial charge in [0.2, 0.25) is 5.91 Å². The van der Waals surface area contributed by atoms with Gasteiger partial charge in [0.15, 0.2) is 0 Å². The monoisotopic (exact) mass is 305 g/mol. The standard InChI is InChI=1S/C16H20ClN3O/c1-4-20(11-15(21)19(2)3)10-13-9-12-7-5-6-8-14(12)18-16(13)17/h5-9H,4,10-11H2,1-3H3. The fraction of sp³-hybridized carbons (Fsp3) is 0.375. The van der Waals surface area contributed by atoms with E-state index in [1.807, 2.05) is 37.3 Å². The smallest absolute Gasteiger partial charge is 0.236 e. The molecule has 0 aliphatic heterocycles. The normalized spacial score (nSPS) is 11.1. The van der Waals surface area contributed by atoms with Crippen LogP contribution >= 0.6 is 11.6 Å². The lowest BCUT2D eigenvalue weighted by Gasteiger charge is -2.22. The fourth-order valence-corrected chi connectivity index (χ4v) is 2.31. The highest BCUT2D eigenvalue weighted by atomic mass is 35.5. The number of amides is 1. The zero-order chi connectivity index (χ0) is 15.4. The Bertz CT molecular complexity index is 642. The van der Waals surface area contributed by atoms with Crippen molar-refractivity contribution in [3.63, 3.8) is 0 Å². The minimum Gasteiger partial charge on any atom is -0.348 e. The number of benzene rings is 1. The summed E-state index contributed by atoms with van der Waals surface area (Å²) in [6, 6.07) is 9.93. The maximum atomic E-state index is 11.8. The molecule has 0 spiro atoms. The van der Waals surface area contributed by atoms with Crippen LogP contribution in [0.1, 0.15) is 12.5 Å². The molecular weight excluding hydrogens is 286 g/mol. The van der Waals surface area contributed by atoms with Crippen LogP contribution < -0.4 is 0 Å². The highest BCUT2D eigenvalue weighted by Crippen LogP contribution is 2.21. The number of rotatable bonds is 5. The summed E-state index contributed by atoms with van der Waals surface area (Å²) in [6.07, 6.45) is 0. The maximum Gasteiger partial charge on any atom is 0.236 e. The Morgan fingerprint density at radius 3 is 2.67 bits per heavy atom. The molecule has 0 aliphatic rings. The van der Waals surface area contributed by atoms with Gasteiger partial charge in [-0.3, -0.25) is 9.69 Å². The number of para-hydroxylation sites is 1. The molecule has 0 saturated heterocycles. The van der Waals surface area contributed by atoms with Gasteiger partial charge in [0, 0.05) is 31.6 Å². The second kappa shape index (κ2) is 6.87. The second-order valence-corrected chi connectivity index (χ2v) is 5.58. The molecule has 2 rings (SSSR count). The van der Waals surface area contributed by atoms with Gasteiger partial charge in [-0.15, -0.1) is 0 Å². The molecule has 0 radical (unpaired) electrons. The Balaban J connectivity index is 2.21. The van der Waals surface area contributed by atoms with Crippen LogP contribution in [0.2, 0.25) is 5.15 Å². The average molecular weight is 306 g/mol. The Kier molecular flexibility index (Phi) is 5.15. The Hall–Kier alpha value is -1.65. The average Bonchev–Trinajstić information content (AvgIpc) is 2.46. The minimum absolute atomic E-state index is 0.0849. The van der Waals surface area contributed by atoms with Crippen LogP contribution in [0.25, 0.3) is 10.9 Å². The van der Waals surface area contributed by atoms with Gasteiger partial charge in [0.05, 0.1) is 12.1 Å². The van der Waals surface area contributed by atoms with Crippen LogP contribution in [0.3, 0.4) is 0 Å². The quantitative estimate of drug-likeness (QED) is 0.797. The number of carbonyl (C=O) groups is 1. The van der Waals surface area contributed by atoms with Crippen molar-refractivity contribution in [3.8, 4) is 0 Å². The summed E-state index contributed by atoms with van der Waals surface area (Å²) < 4.78 is 0. The summed E-state index contributed by atoms with van der Waals surface area (Å²) in [5.41, 5.74) is 1.84. The van der Waals surface area contributed by atoms with E-state index in [9.17, 15) is 4.79 Å². The summed E-state index contributed by atoms with van der Waals surface area (Å²) in [4.78, 5) is 19.9. The van der Waals surface area contributed by atoms with Gasteiger partial charge in [0.25, 0.3) is 0 Å². The molecule has 0 fully saturated rings. The van der Waals surface area contributed by atoms with Crippen LogP contribution in [0.5, 0.6) is 0 Å². The first-order chi connectivity index (χ1) is 10.0. The van der Waals surface area contributed by atoms with Gasteiger partial charge in [0.1, 0.15) is 5.15 Å². The molecule has 0 saturated carbocycles. The van der Waals surface area contributed by atoms with Crippen LogP contribution in [0, 0.1) is 0 Å². The second-order valence-electron chi connectivity index (χ2n) is 5.22. The van der Waals surface area contributed by atoms with Gasteiger partial charge in [-0.1, -0.05) is 36.7 Å². The predicted octanol–water partition coefficient (Wildman–Crippen LogP) is 2.80. The number of fused-ring (bicyclic) bond motifs is 1. The zero-order valence-electron chi connectivity index (χ0n) is 12.6. The van der Waals surface area contributed by atoms with E-state index in [0.29, 0.717) is 18.2 Å². The number of likely N-dealkylation sites (N-methyl/N-ethyl adjacent to an activating group) is 2. The van der Waals surface area contributed by atoms with E-state index in [0.717, 1.165) is 23.0 Å². The number of hydrogen-bond donors (Lipinski definition) is 0. The Morgan fingerprint density at radius 1 is 1.29 bits per heavy atom. The lowest BCUT2D eigenvalue weighted by molar-refractivity contribution is -0.130. The van der Waals surface area contributed by atoms with Crippen molar-refractivity contribution in [2.24, 2.45) is 0 Å². The first-order valence-corrected chi connectivity index (χ1v) is 7.35. The molecular formula is C16H20ClN3O. The van der Waals surface area contributed by atoms with Crippen molar-refractivity contribution in [1.82, 2.24) is 14.8 Å². The van der Waals surface area contributed by atoms with E-state index >= 15 is 0 Å². The third-order valence-electron chi connectivity index (χ3n) is 3.45. The van der Waals surface area contributed by atoms with Crippen molar-refractivity contribution >= 4 is 28.4 Å². The number of carbonyl (C=O) groups excluding carboxylic acids is 1. The van der Waals surface area contributed by atoms with Crippen LogP contribution in [-0.2, 0) is 11.3 Å². The van der Waals surface area contributed by atoms with Crippen molar-refractivity contribution < 1.29 is 4.79 Å². The van der Waals surface area contributed by atoms with Gasteiger partial charge in [-0.2, -0.15) is 0 Å². The van der Waals surface area contributed by atoms with Crippen molar-refractivity contribution in [2.75, 3.05) is 27.2 Å². The first-order valence-electron chi connectivity index (χ1n) is 6.98. The van der Waals surface area contributed by atoms with E-state index in [1.54, 1.807) is 19.0 Å². The summed E-state index contributed by atoms with van der Waals surface area (Å²) >= 11 is 6.27. The van der Waals surface area contributed by atoms with Crippen molar-refractivity contribution in [2.45, 2.75) is 13.5 Å². The Labute approximate surface area is 130 Å². The number of aromatic nitrogens is 1. The molecule has 0 unspecified atom stereocenters. The minimum atomic E-state index is 0.0849. The van der Waals surface area contributed by atoms with E-state index < -0.39 is 0 Å². The van der Waals surface area contributed by atoms with E-state index in [4.69, 9.17) is 11.6 Å². The largest absolute Gasteiger partial charge is 0.348 e. The number of hydrogen-bond acceptors (Lipinski definition) is 3. The predicted molar refractivity (Wildman–Crippen MR) is 86.4 cm³/mol. The topological polar surface area (TPSA) is 36.4 Å². The molecule has 1 amide bonds. The third-order valence-corrected chi connectivity index (χ3v) is 3.78. The van der Waals surface area contributed by atoms with E-state index in [-0.39, 0.29) is 5.91 Å². The lowest BCUT2D eigenvalue weighted by Crippen LogP contribution is -2.36. The first kappa shape index (κ1) is 15.7. The molecule has 0 N–H and O–H groups in total. The van der Waals surface area contributed by atoms with Crippen LogP contribution in [0.4, 0.5) is 0 Å². The summed E-state index contributed by atoms with van der Waals surface area (Å²) in [5, 5.41) is 1.57. The number of halogens is 1. The molecule has 112 valence electrons. The van der Waals surface area contributed by atoms with Crippen LogP contribution in [-0.4, -0.2) is 47.9 Å². The molecule has 0 atom stereocenters. The molecule has 0 aliphatic carbocycles. The molecule has 2 aromatic rings. The third kappa shape index (κ3) is 3.93. The highest BCUT2D eigenvalue weighted by molar-refractivity contribution is 6.30. The molecule has 21 heavy (non-hydrogen) atoms. The van der Waals surface area contributed by atoms with Gasteiger partial charge in [-0.25, -0.2) is 4.98 Å². The molecule has 1 aromatic heterocycles.